The molecule has 0 aliphatic heterocycles. The van der Waals surface area contributed by atoms with E-state index in [-0.39, 0.29) is 17.1 Å². The molecule has 0 saturated heterocycles. The first-order valence-corrected chi connectivity index (χ1v) is 13.5. The van der Waals surface area contributed by atoms with Crippen LogP contribution in [0.15, 0.2) is 0 Å². The van der Waals surface area contributed by atoms with Crippen LogP contribution < -0.4 is 0 Å². The SMILES string of the molecule is CC(=O)[C@]1(O)CC[C@@]2(C)[C@H]1CC[C@]1(C)[C@@H]2CC[C@H]2[C@@]3(C)CCCC(C)(C)[C@H]3CC[C@]21C. The fourth-order valence-corrected chi connectivity index (χ4v) is 11.8. The summed E-state index contributed by atoms with van der Waals surface area (Å²) in [5.41, 5.74) is 0.740. The van der Waals surface area contributed by atoms with E-state index < -0.39 is 5.60 Å². The van der Waals surface area contributed by atoms with E-state index in [0.29, 0.717) is 34.0 Å². The Kier molecular flexibility index (Phi) is 4.63. The Morgan fingerprint density at radius 1 is 0.645 bits per heavy atom. The lowest BCUT2D eigenvalue weighted by molar-refractivity contribution is -0.245. The van der Waals surface area contributed by atoms with Crippen LogP contribution in [0.5, 0.6) is 0 Å². The lowest BCUT2D eigenvalue weighted by Gasteiger charge is -2.73. The van der Waals surface area contributed by atoms with E-state index in [0.717, 1.165) is 24.7 Å². The highest BCUT2D eigenvalue weighted by molar-refractivity contribution is 5.85. The Morgan fingerprint density at radius 3 is 1.71 bits per heavy atom. The summed E-state index contributed by atoms with van der Waals surface area (Å²) in [6.07, 6.45) is 13.6. The van der Waals surface area contributed by atoms with Crippen LogP contribution >= 0.6 is 0 Å². The van der Waals surface area contributed by atoms with E-state index >= 15 is 0 Å². The molecule has 1 N–H and O–H groups in total. The number of carbonyl (C=O) groups excluding carboxylic acids is 1. The number of hydrogen-bond acceptors (Lipinski definition) is 2. The monoisotopic (exact) mass is 428 g/mol. The lowest BCUT2D eigenvalue weighted by atomic mass is 9.32. The van der Waals surface area contributed by atoms with Crippen LogP contribution in [-0.2, 0) is 4.79 Å². The van der Waals surface area contributed by atoms with Crippen molar-refractivity contribution in [1.82, 2.24) is 0 Å². The summed E-state index contributed by atoms with van der Waals surface area (Å²) >= 11 is 0. The van der Waals surface area contributed by atoms with Crippen LogP contribution in [-0.4, -0.2) is 16.5 Å². The highest BCUT2D eigenvalue weighted by atomic mass is 16.3. The molecule has 9 atom stereocenters. The van der Waals surface area contributed by atoms with E-state index in [4.69, 9.17) is 0 Å². The minimum atomic E-state index is -1.06. The summed E-state index contributed by atoms with van der Waals surface area (Å²) in [5, 5.41) is 11.4. The van der Waals surface area contributed by atoms with Gasteiger partial charge in [-0.3, -0.25) is 4.79 Å². The van der Waals surface area contributed by atoms with Crippen molar-refractivity contribution in [1.29, 1.82) is 0 Å². The fourth-order valence-electron chi connectivity index (χ4n) is 11.8. The quantitative estimate of drug-likeness (QED) is 0.480. The second-order valence-corrected chi connectivity index (χ2v) is 14.5. The highest BCUT2D eigenvalue weighted by Gasteiger charge is 2.72. The predicted molar refractivity (Wildman–Crippen MR) is 127 cm³/mol. The van der Waals surface area contributed by atoms with Gasteiger partial charge in [0.05, 0.1) is 0 Å². The second-order valence-electron chi connectivity index (χ2n) is 14.5. The van der Waals surface area contributed by atoms with E-state index in [1.165, 1.54) is 51.4 Å². The van der Waals surface area contributed by atoms with Crippen molar-refractivity contribution in [3.05, 3.63) is 0 Å². The Labute approximate surface area is 191 Å². The summed E-state index contributed by atoms with van der Waals surface area (Å²) in [6, 6.07) is 0. The summed E-state index contributed by atoms with van der Waals surface area (Å²) in [5.74, 6) is 2.52. The average molecular weight is 429 g/mol. The number of carbonyl (C=O) groups is 1. The minimum absolute atomic E-state index is 0.0159. The molecule has 5 fully saturated rings. The molecule has 0 radical (unpaired) electrons. The molecule has 0 heterocycles. The van der Waals surface area contributed by atoms with Gasteiger partial charge >= 0.3 is 0 Å². The molecule has 0 aromatic rings. The minimum Gasteiger partial charge on any atom is -0.382 e. The number of Topliss-reactive ketones (excluding diaryl/α,β-unsaturated/α-hetero) is 1. The maximum absolute atomic E-state index is 12.5. The molecular formula is C29H48O2. The molecule has 176 valence electrons. The zero-order valence-electron chi connectivity index (χ0n) is 21.4. The zero-order valence-corrected chi connectivity index (χ0v) is 21.4. The molecule has 0 aromatic carbocycles. The zero-order chi connectivity index (χ0) is 22.7. The van der Waals surface area contributed by atoms with Gasteiger partial charge in [0, 0.05) is 5.92 Å². The molecule has 5 aliphatic carbocycles. The normalized spacial score (nSPS) is 57.9. The standard InChI is InChI=1S/C29H48O2/c1-19(30)29(31)18-17-26(5)22-10-9-21-25(4)14-8-13-24(2,3)20(25)11-15-27(21,6)28(22,7)16-12-23(26)29/h20-23,31H,8-18H2,1-7H3/t20-,21+,22-,23-,25+,26-,27-,28-,29-/m1/s1. The van der Waals surface area contributed by atoms with Crippen molar-refractivity contribution in [3.8, 4) is 0 Å². The Bertz CT molecular complexity index is 786. The molecule has 5 rings (SSSR count). The van der Waals surface area contributed by atoms with Gasteiger partial charge in [-0.1, -0.05) is 48.0 Å². The average Bonchev–Trinajstić information content (AvgIpc) is 2.94. The molecule has 31 heavy (non-hydrogen) atoms. The first-order valence-electron chi connectivity index (χ1n) is 13.5. The summed E-state index contributed by atoms with van der Waals surface area (Å²) in [7, 11) is 0. The van der Waals surface area contributed by atoms with Crippen LogP contribution in [0.2, 0.25) is 0 Å². The number of aliphatic hydroxyl groups is 1. The van der Waals surface area contributed by atoms with Crippen molar-refractivity contribution in [2.75, 3.05) is 0 Å². The van der Waals surface area contributed by atoms with Crippen molar-refractivity contribution >= 4 is 5.78 Å². The molecule has 0 amide bonds. The van der Waals surface area contributed by atoms with Gasteiger partial charge in [0.2, 0.25) is 0 Å². The molecule has 0 bridgehead atoms. The van der Waals surface area contributed by atoms with Crippen LogP contribution in [0, 0.1) is 50.7 Å². The molecule has 0 spiro atoms. The van der Waals surface area contributed by atoms with Crippen LogP contribution in [0.3, 0.4) is 0 Å². The Balaban J connectivity index is 1.54. The van der Waals surface area contributed by atoms with E-state index in [2.05, 4.69) is 41.5 Å². The third kappa shape index (κ3) is 2.53. The summed E-state index contributed by atoms with van der Waals surface area (Å²) in [6.45, 7) is 17.2. The van der Waals surface area contributed by atoms with E-state index in [1.54, 1.807) is 6.92 Å². The predicted octanol–water partition coefficient (Wildman–Crippen LogP) is 7.18. The molecule has 0 unspecified atom stereocenters. The number of fused-ring (bicyclic) bond motifs is 7. The van der Waals surface area contributed by atoms with Gasteiger partial charge in [-0.05, 0) is 116 Å². The molecule has 0 aromatic heterocycles. The number of rotatable bonds is 1. The van der Waals surface area contributed by atoms with Crippen molar-refractivity contribution in [2.24, 2.45) is 50.7 Å². The highest BCUT2D eigenvalue weighted by Crippen LogP contribution is 2.78. The Hall–Kier alpha value is -0.370. The number of hydrogen-bond donors (Lipinski definition) is 1. The molecule has 2 nitrogen and oxygen atoms in total. The van der Waals surface area contributed by atoms with Crippen LogP contribution in [0.4, 0.5) is 0 Å². The maximum atomic E-state index is 12.5. The second kappa shape index (κ2) is 6.39. The van der Waals surface area contributed by atoms with Gasteiger partial charge in [0.1, 0.15) is 5.60 Å². The number of ketones is 1. The lowest BCUT2D eigenvalue weighted by Crippen LogP contribution is -2.66. The van der Waals surface area contributed by atoms with E-state index in [9.17, 15) is 9.90 Å². The largest absolute Gasteiger partial charge is 0.382 e. The first-order chi connectivity index (χ1) is 14.3. The van der Waals surface area contributed by atoms with Gasteiger partial charge in [-0.25, -0.2) is 0 Å². The molecule has 5 aliphatic rings. The Morgan fingerprint density at radius 2 is 1.16 bits per heavy atom. The van der Waals surface area contributed by atoms with Crippen LogP contribution in [0.1, 0.15) is 119 Å². The van der Waals surface area contributed by atoms with Gasteiger partial charge in [0.25, 0.3) is 0 Å². The smallest absolute Gasteiger partial charge is 0.161 e. The third-order valence-corrected chi connectivity index (χ3v) is 13.4. The molecule has 2 heteroatoms. The fraction of sp³-hybridized carbons (Fsp3) is 0.966. The molecule has 5 saturated carbocycles. The van der Waals surface area contributed by atoms with Crippen LogP contribution in [0.25, 0.3) is 0 Å². The van der Waals surface area contributed by atoms with E-state index in [1.807, 2.05) is 0 Å². The van der Waals surface area contributed by atoms with Gasteiger partial charge < -0.3 is 5.11 Å². The van der Waals surface area contributed by atoms with Crippen molar-refractivity contribution in [2.45, 2.75) is 125 Å². The third-order valence-electron chi connectivity index (χ3n) is 13.4. The molecular weight excluding hydrogens is 380 g/mol. The van der Waals surface area contributed by atoms with Gasteiger partial charge in [-0.2, -0.15) is 0 Å². The first kappa shape index (κ1) is 22.4. The van der Waals surface area contributed by atoms with Gasteiger partial charge in [-0.15, -0.1) is 0 Å². The van der Waals surface area contributed by atoms with Gasteiger partial charge in [0.15, 0.2) is 5.78 Å². The van der Waals surface area contributed by atoms with Crippen molar-refractivity contribution < 1.29 is 9.90 Å². The topological polar surface area (TPSA) is 37.3 Å². The van der Waals surface area contributed by atoms with Crippen molar-refractivity contribution in [3.63, 3.8) is 0 Å². The summed E-state index contributed by atoms with van der Waals surface area (Å²) < 4.78 is 0. The maximum Gasteiger partial charge on any atom is 0.161 e. The summed E-state index contributed by atoms with van der Waals surface area (Å²) in [4.78, 5) is 12.5.